The number of rotatable bonds is 7. The summed E-state index contributed by atoms with van der Waals surface area (Å²) in [5.74, 6) is 0.593. The van der Waals surface area contributed by atoms with Crippen molar-refractivity contribution in [3.05, 3.63) is 27.1 Å². The van der Waals surface area contributed by atoms with Gasteiger partial charge in [0, 0.05) is 15.4 Å². The van der Waals surface area contributed by atoms with Crippen LogP contribution < -0.4 is 11.1 Å². The molecule has 1 rings (SSSR count). The zero-order valence-corrected chi connectivity index (χ0v) is 14.3. The summed E-state index contributed by atoms with van der Waals surface area (Å²) < 4.78 is 1.83. The van der Waals surface area contributed by atoms with E-state index in [-0.39, 0.29) is 5.91 Å². The van der Waals surface area contributed by atoms with Crippen LogP contribution in [0.4, 0.5) is 5.69 Å². The van der Waals surface area contributed by atoms with Crippen molar-refractivity contribution in [2.24, 2.45) is 11.7 Å². The Balaban J connectivity index is 2.48. The Labute approximate surface area is 131 Å². The summed E-state index contributed by atoms with van der Waals surface area (Å²) in [6, 6.07) is 5.72. The Kier molecular flexibility index (Phi) is 7.64. The van der Waals surface area contributed by atoms with Crippen LogP contribution in [0.25, 0.3) is 0 Å². The van der Waals surface area contributed by atoms with E-state index in [2.05, 4.69) is 44.1 Å². The standard InChI is InChI=1S/C14H20Br2N2O/c1-2-10(7-8-17)3-6-14(19)18-13-9-11(15)4-5-12(13)16/h4-5,9-10H,2-3,6-8,17H2,1H3,(H,18,19). The lowest BCUT2D eigenvalue weighted by Gasteiger charge is -2.13. The molecule has 0 fully saturated rings. The second-order valence-electron chi connectivity index (χ2n) is 4.56. The van der Waals surface area contributed by atoms with Crippen molar-refractivity contribution in [3.8, 4) is 0 Å². The summed E-state index contributed by atoms with van der Waals surface area (Å²) >= 11 is 6.82. The topological polar surface area (TPSA) is 55.1 Å². The average molecular weight is 392 g/mol. The van der Waals surface area contributed by atoms with Gasteiger partial charge in [-0.3, -0.25) is 4.79 Å². The molecule has 1 aromatic rings. The predicted octanol–water partition coefficient (Wildman–Crippen LogP) is 4.31. The van der Waals surface area contributed by atoms with E-state index in [9.17, 15) is 4.79 Å². The molecule has 3 N–H and O–H groups in total. The van der Waals surface area contributed by atoms with E-state index in [0.717, 1.165) is 33.9 Å². The van der Waals surface area contributed by atoms with Gasteiger partial charge in [-0.1, -0.05) is 29.3 Å². The molecular formula is C14H20Br2N2O. The van der Waals surface area contributed by atoms with Crippen molar-refractivity contribution in [2.45, 2.75) is 32.6 Å². The highest BCUT2D eigenvalue weighted by atomic mass is 79.9. The van der Waals surface area contributed by atoms with Crippen molar-refractivity contribution in [1.29, 1.82) is 0 Å². The maximum atomic E-state index is 11.9. The number of hydrogen-bond donors (Lipinski definition) is 2. The Morgan fingerprint density at radius 2 is 2.11 bits per heavy atom. The molecule has 0 aliphatic carbocycles. The van der Waals surface area contributed by atoms with Gasteiger partial charge in [0.2, 0.25) is 5.91 Å². The summed E-state index contributed by atoms with van der Waals surface area (Å²) in [7, 11) is 0. The van der Waals surface area contributed by atoms with E-state index in [1.807, 2.05) is 18.2 Å². The van der Waals surface area contributed by atoms with Gasteiger partial charge in [0.1, 0.15) is 0 Å². The van der Waals surface area contributed by atoms with Crippen molar-refractivity contribution >= 4 is 43.5 Å². The van der Waals surface area contributed by atoms with Crippen LogP contribution in [0.3, 0.4) is 0 Å². The molecule has 3 nitrogen and oxygen atoms in total. The molecule has 0 aliphatic rings. The van der Waals surface area contributed by atoms with Gasteiger partial charge in [0.05, 0.1) is 5.69 Å². The highest BCUT2D eigenvalue weighted by molar-refractivity contribution is 9.11. The molecule has 0 aromatic heterocycles. The van der Waals surface area contributed by atoms with Crippen LogP contribution in [-0.2, 0) is 4.79 Å². The lowest BCUT2D eigenvalue weighted by molar-refractivity contribution is -0.116. The Bertz CT molecular complexity index is 424. The minimum Gasteiger partial charge on any atom is -0.330 e. The van der Waals surface area contributed by atoms with Crippen LogP contribution in [-0.4, -0.2) is 12.5 Å². The fourth-order valence-electron chi connectivity index (χ4n) is 1.93. The van der Waals surface area contributed by atoms with Crippen LogP contribution in [0.1, 0.15) is 32.6 Å². The third-order valence-corrected chi connectivity index (χ3v) is 4.32. The minimum atomic E-state index is 0.0503. The van der Waals surface area contributed by atoms with Crippen LogP contribution in [0.2, 0.25) is 0 Å². The van der Waals surface area contributed by atoms with E-state index in [1.165, 1.54) is 0 Å². The quantitative estimate of drug-likeness (QED) is 0.727. The van der Waals surface area contributed by atoms with E-state index < -0.39 is 0 Å². The molecule has 0 aliphatic heterocycles. The maximum Gasteiger partial charge on any atom is 0.224 e. The van der Waals surface area contributed by atoms with Gasteiger partial charge in [-0.15, -0.1) is 0 Å². The molecule has 0 bridgehead atoms. The third kappa shape index (κ3) is 6.06. The van der Waals surface area contributed by atoms with Gasteiger partial charge >= 0.3 is 0 Å². The second kappa shape index (κ2) is 8.72. The second-order valence-corrected chi connectivity index (χ2v) is 6.33. The zero-order chi connectivity index (χ0) is 14.3. The van der Waals surface area contributed by atoms with E-state index in [4.69, 9.17) is 5.73 Å². The van der Waals surface area contributed by atoms with Gasteiger partial charge in [-0.2, -0.15) is 0 Å². The molecule has 1 aromatic carbocycles. The first-order valence-corrected chi connectivity index (χ1v) is 8.10. The summed E-state index contributed by atoms with van der Waals surface area (Å²) in [5, 5.41) is 2.93. The smallest absolute Gasteiger partial charge is 0.224 e. The molecule has 0 spiro atoms. The SMILES string of the molecule is CCC(CCN)CCC(=O)Nc1cc(Br)ccc1Br. The van der Waals surface area contributed by atoms with E-state index >= 15 is 0 Å². The number of hydrogen-bond acceptors (Lipinski definition) is 2. The van der Waals surface area contributed by atoms with Crippen LogP contribution in [0.5, 0.6) is 0 Å². The largest absolute Gasteiger partial charge is 0.330 e. The highest BCUT2D eigenvalue weighted by Crippen LogP contribution is 2.26. The van der Waals surface area contributed by atoms with Crippen LogP contribution >= 0.6 is 31.9 Å². The van der Waals surface area contributed by atoms with Crippen molar-refractivity contribution < 1.29 is 4.79 Å². The summed E-state index contributed by atoms with van der Waals surface area (Å²) in [5.41, 5.74) is 6.36. The lowest BCUT2D eigenvalue weighted by Crippen LogP contribution is -2.15. The maximum absolute atomic E-state index is 11.9. The number of benzene rings is 1. The summed E-state index contributed by atoms with van der Waals surface area (Å²) in [6.45, 7) is 2.83. The zero-order valence-electron chi connectivity index (χ0n) is 11.1. The molecule has 19 heavy (non-hydrogen) atoms. The van der Waals surface area contributed by atoms with Gasteiger partial charge in [-0.05, 0) is 59.4 Å². The summed E-state index contributed by atoms with van der Waals surface area (Å²) in [4.78, 5) is 11.9. The first kappa shape index (κ1) is 16.7. The number of carbonyl (C=O) groups excluding carboxylic acids is 1. The van der Waals surface area contributed by atoms with Gasteiger partial charge in [0.15, 0.2) is 0 Å². The lowest BCUT2D eigenvalue weighted by atomic mass is 9.96. The highest BCUT2D eigenvalue weighted by Gasteiger charge is 2.10. The number of nitrogens with one attached hydrogen (secondary N) is 1. The Hall–Kier alpha value is -0.390. The molecule has 106 valence electrons. The molecule has 1 unspecified atom stereocenters. The van der Waals surface area contributed by atoms with E-state index in [0.29, 0.717) is 18.9 Å². The molecule has 1 amide bonds. The average Bonchev–Trinajstić information content (AvgIpc) is 2.39. The minimum absolute atomic E-state index is 0.0503. The molecule has 0 saturated carbocycles. The van der Waals surface area contributed by atoms with E-state index in [1.54, 1.807) is 0 Å². The third-order valence-electron chi connectivity index (χ3n) is 3.13. The van der Waals surface area contributed by atoms with Crippen LogP contribution in [0, 0.1) is 5.92 Å². The van der Waals surface area contributed by atoms with Crippen molar-refractivity contribution in [1.82, 2.24) is 0 Å². The molecular weight excluding hydrogens is 372 g/mol. The predicted molar refractivity (Wildman–Crippen MR) is 87.2 cm³/mol. The fraction of sp³-hybridized carbons (Fsp3) is 0.500. The molecule has 0 saturated heterocycles. The molecule has 0 heterocycles. The number of nitrogens with two attached hydrogens (primary N) is 1. The monoisotopic (exact) mass is 390 g/mol. The molecule has 1 atom stereocenters. The molecule has 0 radical (unpaired) electrons. The first-order chi connectivity index (χ1) is 9.06. The molecule has 5 heteroatoms. The first-order valence-electron chi connectivity index (χ1n) is 6.51. The van der Waals surface area contributed by atoms with Gasteiger partial charge in [-0.25, -0.2) is 0 Å². The number of amides is 1. The normalized spacial score (nSPS) is 12.2. The Morgan fingerprint density at radius 3 is 2.74 bits per heavy atom. The number of carbonyl (C=O) groups is 1. The van der Waals surface area contributed by atoms with Crippen molar-refractivity contribution in [2.75, 3.05) is 11.9 Å². The van der Waals surface area contributed by atoms with Gasteiger partial charge < -0.3 is 11.1 Å². The fourth-order valence-corrected chi connectivity index (χ4v) is 2.64. The van der Waals surface area contributed by atoms with Crippen LogP contribution in [0.15, 0.2) is 27.1 Å². The van der Waals surface area contributed by atoms with Gasteiger partial charge in [0.25, 0.3) is 0 Å². The number of anilines is 1. The number of halogens is 2. The Morgan fingerprint density at radius 1 is 1.37 bits per heavy atom. The summed E-state index contributed by atoms with van der Waals surface area (Å²) in [6.07, 6.45) is 3.50. The van der Waals surface area contributed by atoms with Crippen molar-refractivity contribution in [3.63, 3.8) is 0 Å².